The van der Waals surface area contributed by atoms with E-state index < -0.39 is 18.0 Å². The monoisotopic (exact) mass is 377 g/mol. The summed E-state index contributed by atoms with van der Waals surface area (Å²) in [5.74, 6) is -2.26. The average Bonchev–Trinajstić information content (AvgIpc) is 3.13. The molecule has 27 heavy (non-hydrogen) atoms. The van der Waals surface area contributed by atoms with Crippen molar-refractivity contribution >= 4 is 23.3 Å². The maximum atomic E-state index is 12.4. The Morgan fingerprint density at radius 3 is 2.56 bits per heavy atom. The van der Waals surface area contributed by atoms with Gasteiger partial charge in [-0.15, -0.1) is 0 Å². The molecule has 1 amide bonds. The first-order valence-corrected chi connectivity index (χ1v) is 8.74. The molecule has 1 aromatic carbocycles. The molecule has 3 heterocycles. The molecule has 1 fully saturated rings. The zero-order valence-electron chi connectivity index (χ0n) is 15.6. The van der Waals surface area contributed by atoms with E-state index in [1.807, 2.05) is 42.3 Å². The van der Waals surface area contributed by atoms with Crippen molar-refractivity contribution in [1.82, 2.24) is 4.90 Å². The maximum Gasteiger partial charge on any atom is 1.00 e. The number of β-lactam (4-membered cyclic amide) rings is 1. The summed E-state index contributed by atoms with van der Waals surface area (Å²) >= 11 is 0. The first-order chi connectivity index (χ1) is 12.4. The molecule has 0 unspecified atom stereocenters. The standard InChI is InChI=1S/C19H21N3O4.Na/c1-10-8-14(22(20-10)12-6-4-3-5-7-12)13-9-15-16(11(2)23)18(24)21(15)17(13)19(25)26;/h3-7,11,14-16,23H,8-9H2,1-2H3,(H,25,26);/q;+1/p-1/t11-,14+,15-,16-;/m1./s1. The number of amides is 1. The van der Waals surface area contributed by atoms with E-state index in [-0.39, 0.29) is 53.2 Å². The molecule has 3 aliphatic rings. The topological polar surface area (TPSA) is 96.3 Å². The maximum absolute atomic E-state index is 12.4. The van der Waals surface area contributed by atoms with E-state index in [4.69, 9.17) is 0 Å². The molecule has 0 radical (unpaired) electrons. The van der Waals surface area contributed by atoms with Crippen LogP contribution in [0, 0.1) is 5.92 Å². The summed E-state index contributed by atoms with van der Waals surface area (Å²) in [5, 5.41) is 28.1. The molecule has 1 saturated heterocycles. The number of anilines is 1. The van der Waals surface area contributed by atoms with E-state index in [9.17, 15) is 19.8 Å². The van der Waals surface area contributed by atoms with Crippen LogP contribution >= 0.6 is 0 Å². The van der Waals surface area contributed by atoms with Gasteiger partial charge < -0.3 is 19.9 Å². The van der Waals surface area contributed by atoms with Crippen LogP contribution in [0.3, 0.4) is 0 Å². The summed E-state index contributed by atoms with van der Waals surface area (Å²) in [6, 6.07) is 8.97. The van der Waals surface area contributed by atoms with Gasteiger partial charge in [-0.05, 0) is 38.0 Å². The van der Waals surface area contributed by atoms with Crippen molar-refractivity contribution in [3.63, 3.8) is 0 Å². The molecule has 1 N–H and O–H groups in total. The van der Waals surface area contributed by atoms with Crippen molar-refractivity contribution in [3.8, 4) is 0 Å². The third kappa shape index (κ3) is 3.12. The minimum Gasteiger partial charge on any atom is -0.543 e. The molecule has 136 valence electrons. The van der Waals surface area contributed by atoms with E-state index in [1.54, 1.807) is 6.92 Å². The molecule has 3 aliphatic heterocycles. The molecule has 4 rings (SSSR count). The van der Waals surface area contributed by atoms with Crippen LogP contribution in [0.5, 0.6) is 0 Å². The normalized spacial score (nSPS) is 27.7. The predicted molar refractivity (Wildman–Crippen MR) is 92.9 cm³/mol. The van der Waals surface area contributed by atoms with Crippen LogP contribution in [-0.4, -0.2) is 45.8 Å². The van der Waals surface area contributed by atoms with Gasteiger partial charge in [-0.2, -0.15) is 5.10 Å². The number of fused-ring (bicyclic) bond motifs is 1. The molecule has 0 saturated carbocycles. The number of aliphatic hydroxyl groups excluding tert-OH is 1. The zero-order chi connectivity index (χ0) is 18.6. The SMILES string of the molecule is CC1=NN(c2ccccc2)[C@H](C2=C(C(=O)[O-])N3C(=O)[C@H]([C@@H](C)O)[C@H]3C2)C1.[Na+]. The number of rotatable bonds is 4. The van der Waals surface area contributed by atoms with Crippen LogP contribution in [0.4, 0.5) is 5.69 Å². The molecule has 0 aromatic heterocycles. The van der Waals surface area contributed by atoms with Gasteiger partial charge in [0.25, 0.3) is 0 Å². The molecule has 0 spiro atoms. The van der Waals surface area contributed by atoms with E-state index in [2.05, 4.69) is 5.10 Å². The van der Waals surface area contributed by atoms with Crippen molar-refractivity contribution in [1.29, 1.82) is 0 Å². The first-order valence-electron chi connectivity index (χ1n) is 8.74. The quantitative estimate of drug-likeness (QED) is 0.454. The smallest absolute Gasteiger partial charge is 0.543 e. The van der Waals surface area contributed by atoms with Crippen molar-refractivity contribution in [2.24, 2.45) is 11.0 Å². The molecular weight excluding hydrogens is 357 g/mol. The Hall–Kier alpha value is -1.67. The fourth-order valence-electron chi connectivity index (χ4n) is 4.34. The fourth-order valence-corrected chi connectivity index (χ4v) is 4.34. The number of aliphatic carboxylic acids is 1. The van der Waals surface area contributed by atoms with E-state index in [0.717, 1.165) is 11.4 Å². The minimum absolute atomic E-state index is 0. The van der Waals surface area contributed by atoms with Crippen molar-refractivity contribution in [2.45, 2.75) is 44.9 Å². The zero-order valence-corrected chi connectivity index (χ0v) is 17.6. The molecule has 8 heteroatoms. The van der Waals surface area contributed by atoms with Crippen molar-refractivity contribution in [2.75, 3.05) is 5.01 Å². The molecule has 1 aromatic rings. The third-order valence-corrected chi connectivity index (χ3v) is 5.44. The van der Waals surface area contributed by atoms with Gasteiger partial charge in [-0.25, -0.2) is 0 Å². The van der Waals surface area contributed by atoms with Crippen molar-refractivity contribution < 1.29 is 49.4 Å². The number of carboxylic acids is 1. The molecule has 7 nitrogen and oxygen atoms in total. The number of benzene rings is 1. The summed E-state index contributed by atoms with van der Waals surface area (Å²) in [4.78, 5) is 25.5. The molecule has 0 bridgehead atoms. The molecule has 0 aliphatic carbocycles. The van der Waals surface area contributed by atoms with Crippen molar-refractivity contribution in [3.05, 3.63) is 41.6 Å². The van der Waals surface area contributed by atoms with Gasteiger partial charge in [-0.1, -0.05) is 18.2 Å². The van der Waals surface area contributed by atoms with E-state index in [0.29, 0.717) is 18.4 Å². The summed E-state index contributed by atoms with van der Waals surface area (Å²) in [6.45, 7) is 3.47. The molecule has 4 atom stereocenters. The van der Waals surface area contributed by atoms with Crippen LogP contribution in [-0.2, 0) is 9.59 Å². The van der Waals surface area contributed by atoms with Crippen LogP contribution < -0.4 is 39.7 Å². The minimum atomic E-state index is -1.35. The second kappa shape index (κ2) is 7.39. The van der Waals surface area contributed by atoms with E-state index >= 15 is 0 Å². The van der Waals surface area contributed by atoms with Gasteiger partial charge in [0.2, 0.25) is 5.91 Å². The number of aliphatic hydroxyl groups is 1. The Labute approximate surface area is 179 Å². The van der Waals surface area contributed by atoms with Gasteiger partial charge in [0, 0.05) is 12.1 Å². The second-order valence-corrected chi connectivity index (χ2v) is 7.14. The van der Waals surface area contributed by atoms with Gasteiger partial charge >= 0.3 is 29.6 Å². The largest absolute Gasteiger partial charge is 1.00 e. The number of carbonyl (C=O) groups excluding carboxylic acids is 2. The number of carbonyl (C=O) groups is 2. The summed E-state index contributed by atoms with van der Waals surface area (Å²) < 4.78 is 0. The number of para-hydroxylation sites is 1. The Bertz CT molecular complexity index is 837. The third-order valence-electron chi connectivity index (χ3n) is 5.44. The Morgan fingerprint density at radius 2 is 1.96 bits per heavy atom. The van der Waals surface area contributed by atoms with Gasteiger partial charge in [-0.3, -0.25) is 9.80 Å². The van der Waals surface area contributed by atoms with Gasteiger partial charge in [0.15, 0.2) is 0 Å². The predicted octanol–water partition coefficient (Wildman–Crippen LogP) is -2.74. The average molecular weight is 377 g/mol. The van der Waals surface area contributed by atoms with Crippen LogP contribution in [0.25, 0.3) is 0 Å². The number of hydrogen-bond donors (Lipinski definition) is 1. The first kappa shape index (κ1) is 20.1. The molecular formula is C19H20N3NaO4. The van der Waals surface area contributed by atoms with Crippen LogP contribution in [0.1, 0.15) is 26.7 Å². The fraction of sp³-hybridized carbons (Fsp3) is 0.421. The second-order valence-electron chi connectivity index (χ2n) is 7.14. The van der Waals surface area contributed by atoms with Crippen LogP contribution in [0.15, 0.2) is 46.7 Å². The number of carboxylic acid groups (broad SMARTS) is 1. The Morgan fingerprint density at radius 1 is 1.30 bits per heavy atom. The number of nitrogens with zero attached hydrogens (tertiary/aromatic N) is 3. The summed E-state index contributed by atoms with van der Waals surface area (Å²) in [6.07, 6.45) is 0.203. The van der Waals surface area contributed by atoms with Gasteiger partial charge in [0.05, 0.1) is 41.5 Å². The van der Waals surface area contributed by atoms with Gasteiger partial charge in [0.1, 0.15) is 0 Å². The van der Waals surface area contributed by atoms with Crippen LogP contribution in [0.2, 0.25) is 0 Å². The van der Waals surface area contributed by atoms with E-state index in [1.165, 1.54) is 4.90 Å². The Kier molecular flexibility index (Phi) is 5.49. The number of hydrazone groups is 1. The number of hydrogen-bond acceptors (Lipinski definition) is 6. The Balaban J connectivity index is 0.00000210. The summed E-state index contributed by atoms with van der Waals surface area (Å²) in [5.41, 5.74) is 2.37. The summed E-state index contributed by atoms with van der Waals surface area (Å²) in [7, 11) is 0.